The molecule has 2 aromatic carbocycles. The summed E-state index contributed by atoms with van der Waals surface area (Å²) in [5, 5.41) is 8.70. The standard InChI is InChI=1S/C24H25N5OS2/c1-4-28(5-2)17-12-10-16(11-13-17)22-21-15(3)27-29(23(21)26-20(30)14-31-22)24-25-18-8-6-7-9-19(18)32-24/h6-13,22H,4-5,14H2,1-3H3,(H,26,30). The highest BCUT2D eigenvalue weighted by Crippen LogP contribution is 2.44. The van der Waals surface area contributed by atoms with E-state index in [0.29, 0.717) is 5.75 Å². The molecule has 4 aromatic rings. The van der Waals surface area contributed by atoms with Gasteiger partial charge in [0.25, 0.3) is 0 Å². The lowest BCUT2D eigenvalue weighted by atomic mass is 10.0. The van der Waals surface area contributed by atoms with Crippen molar-refractivity contribution in [2.24, 2.45) is 0 Å². The summed E-state index contributed by atoms with van der Waals surface area (Å²) >= 11 is 3.22. The van der Waals surface area contributed by atoms with E-state index in [1.807, 2.05) is 25.1 Å². The molecule has 1 amide bonds. The van der Waals surface area contributed by atoms with E-state index in [9.17, 15) is 4.79 Å². The Morgan fingerprint density at radius 2 is 1.88 bits per heavy atom. The molecule has 2 aromatic heterocycles. The summed E-state index contributed by atoms with van der Waals surface area (Å²) < 4.78 is 2.90. The van der Waals surface area contributed by atoms with Gasteiger partial charge in [-0.2, -0.15) is 9.78 Å². The summed E-state index contributed by atoms with van der Waals surface area (Å²) in [6, 6.07) is 16.8. The van der Waals surface area contributed by atoms with Crippen LogP contribution in [0.5, 0.6) is 0 Å². The highest BCUT2D eigenvalue weighted by molar-refractivity contribution is 8.00. The molecular formula is C24H25N5OS2. The van der Waals surface area contributed by atoms with E-state index >= 15 is 0 Å². The van der Waals surface area contributed by atoms with Crippen LogP contribution in [0.1, 0.15) is 35.9 Å². The quantitative estimate of drug-likeness (QED) is 0.429. The first-order valence-corrected chi connectivity index (χ1v) is 12.7. The number of thiazole rings is 1. The summed E-state index contributed by atoms with van der Waals surface area (Å²) in [6.45, 7) is 8.30. The number of fused-ring (bicyclic) bond motifs is 2. The summed E-state index contributed by atoms with van der Waals surface area (Å²) in [5.41, 5.74) is 5.29. The minimum atomic E-state index is -0.0132. The molecule has 1 aliphatic rings. The van der Waals surface area contributed by atoms with Crippen molar-refractivity contribution in [1.29, 1.82) is 0 Å². The number of benzene rings is 2. The smallest absolute Gasteiger partial charge is 0.235 e. The molecule has 0 bridgehead atoms. The number of aromatic nitrogens is 3. The van der Waals surface area contributed by atoms with Gasteiger partial charge in [-0.25, -0.2) is 4.98 Å². The third-order valence-electron chi connectivity index (χ3n) is 5.80. The molecule has 0 fully saturated rings. The van der Waals surface area contributed by atoms with Crippen LogP contribution in [0.15, 0.2) is 48.5 Å². The number of thioether (sulfide) groups is 1. The number of nitrogens with one attached hydrogen (secondary N) is 1. The minimum Gasteiger partial charge on any atom is -0.372 e. The zero-order valence-corrected chi connectivity index (χ0v) is 20.0. The van der Waals surface area contributed by atoms with E-state index in [2.05, 4.69) is 54.4 Å². The van der Waals surface area contributed by atoms with Gasteiger partial charge in [-0.1, -0.05) is 35.6 Å². The molecule has 0 aliphatic carbocycles. The second kappa shape index (κ2) is 8.60. The SMILES string of the molecule is CCN(CC)c1ccc(C2SCC(=O)Nc3c2c(C)nn3-c2nc3ccccc3s2)cc1. The lowest BCUT2D eigenvalue weighted by Crippen LogP contribution is -2.21. The number of nitrogens with zero attached hydrogens (tertiary/aromatic N) is 4. The predicted molar refractivity (Wildman–Crippen MR) is 134 cm³/mol. The molecule has 8 heteroatoms. The number of carbonyl (C=O) groups excluding carboxylic acids is 1. The van der Waals surface area contributed by atoms with E-state index in [4.69, 9.17) is 10.1 Å². The van der Waals surface area contributed by atoms with Crippen molar-refractivity contribution in [2.75, 3.05) is 29.1 Å². The Hall–Kier alpha value is -2.84. The van der Waals surface area contributed by atoms with Crippen LogP contribution in [0.3, 0.4) is 0 Å². The van der Waals surface area contributed by atoms with Crippen molar-refractivity contribution >= 4 is 50.7 Å². The fourth-order valence-corrected chi connectivity index (χ4v) is 6.30. The van der Waals surface area contributed by atoms with Crippen LogP contribution >= 0.6 is 23.1 Å². The third kappa shape index (κ3) is 3.67. The molecule has 0 spiro atoms. The Labute approximate surface area is 195 Å². The largest absolute Gasteiger partial charge is 0.372 e. The van der Waals surface area contributed by atoms with Crippen LogP contribution in [0.2, 0.25) is 0 Å². The number of para-hydroxylation sites is 1. The third-order valence-corrected chi connectivity index (χ3v) is 8.08. The van der Waals surface area contributed by atoms with Crippen LogP contribution in [-0.2, 0) is 4.79 Å². The van der Waals surface area contributed by atoms with Crippen LogP contribution in [0.4, 0.5) is 11.5 Å². The summed E-state index contributed by atoms with van der Waals surface area (Å²) in [7, 11) is 0. The van der Waals surface area contributed by atoms with Crippen molar-refractivity contribution in [3.05, 3.63) is 65.4 Å². The molecule has 1 N–H and O–H groups in total. The highest BCUT2D eigenvalue weighted by atomic mass is 32.2. The molecule has 1 unspecified atom stereocenters. The summed E-state index contributed by atoms with van der Waals surface area (Å²) in [5.74, 6) is 1.12. The van der Waals surface area contributed by atoms with Crippen molar-refractivity contribution in [2.45, 2.75) is 26.0 Å². The minimum absolute atomic E-state index is 0.0132. The second-order valence-electron chi connectivity index (χ2n) is 7.73. The van der Waals surface area contributed by atoms with Gasteiger partial charge in [-0.3, -0.25) is 4.79 Å². The molecule has 5 rings (SSSR count). The van der Waals surface area contributed by atoms with Gasteiger partial charge < -0.3 is 10.2 Å². The van der Waals surface area contributed by atoms with Gasteiger partial charge in [0.1, 0.15) is 5.82 Å². The van der Waals surface area contributed by atoms with E-state index in [0.717, 1.165) is 45.5 Å². The van der Waals surface area contributed by atoms with Gasteiger partial charge in [-0.15, -0.1) is 11.8 Å². The normalized spacial score (nSPS) is 16.0. The van der Waals surface area contributed by atoms with Gasteiger partial charge in [0, 0.05) is 24.3 Å². The van der Waals surface area contributed by atoms with Crippen LogP contribution in [0, 0.1) is 6.92 Å². The van der Waals surface area contributed by atoms with Crippen molar-refractivity contribution in [3.63, 3.8) is 0 Å². The number of amides is 1. The first-order valence-electron chi connectivity index (χ1n) is 10.8. The topological polar surface area (TPSA) is 63.1 Å². The second-order valence-corrected chi connectivity index (χ2v) is 9.83. The lowest BCUT2D eigenvalue weighted by Gasteiger charge is -2.22. The number of rotatable bonds is 5. The fourth-order valence-electron chi connectivity index (χ4n) is 4.18. The summed E-state index contributed by atoms with van der Waals surface area (Å²) in [4.78, 5) is 19.7. The number of carbonyl (C=O) groups is 1. The van der Waals surface area contributed by atoms with Gasteiger partial charge >= 0.3 is 0 Å². The Balaban J connectivity index is 1.59. The van der Waals surface area contributed by atoms with E-state index in [-0.39, 0.29) is 11.2 Å². The highest BCUT2D eigenvalue weighted by Gasteiger charge is 2.31. The number of hydrogen-bond donors (Lipinski definition) is 1. The van der Waals surface area contributed by atoms with Crippen molar-refractivity contribution in [1.82, 2.24) is 14.8 Å². The average Bonchev–Trinajstić information content (AvgIpc) is 3.31. The van der Waals surface area contributed by atoms with Gasteiger partial charge in [0.15, 0.2) is 0 Å². The molecule has 164 valence electrons. The maximum absolute atomic E-state index is 12.6. The molecule has 3 heterocycles. The predicted octanol–water partition coefficient (Wildman–Crippen LogP) is 5.41. The molecular weight excluding hydrogens is 438 g/mol. The monoisotopic (exact) mass is 463 g/mol. The van der Waals surface area contributed by atoms with Gasteiger partial charge in [-0.05, 0) is 50.6 Å². The number of anilines is 2. The van der Waals surface area contributed by atoms with E-state index in [1.165, 1.54) is 11.3 Å². The van der Waals surface area contributed by atoms with Gasteiger partial charge in [0.2, 0.25) is 11.0 Å². The molecule has 6 nitrogen and oxygen atoms in total. The first kappa shape index (κ1) is 21.0. The number of hydrogen-bond acceptors (Lipinski definition) is 6. The van der Waals surface area contributed by atoms with Gasteiger partial charge in [0.05, 0.1) is 26.9 Å². The van der Waals surface area contributed by atoms with Crippen LogP contribution in [-0.4, -0.2) is 39.5 Å². The van der Waals surface area contributed by atoms with Crippen LogP contribution in [0.25, 0.3) is 15.3 Å². The zero-order valence-electron chi connectivity index (χ0n) is 18.3. The van der Waals surface area contributed by atoms with Crippen molar-refractivity contribution < 1.29 is 4.79 Å². The van der Waals surface area contributed by atoms with E-state index in [1.54, 1.807) is 27.8 Å². The zero-order chi connectivity index (χ0) is 22.2. The lowest BCUT2D eigenvalue weighted by molar-refractivity contribution is -0.113. The Morgan fingerprint density at radius 3 is 2.59 bits per heavy atom. The van der Waals surface area contributed by atoms with Crippen molar-refractivity contribution in [3.8, 4) is 5.13 Å². The Morgan fingerprint density at radius 1 is 1.12 bits per heavy atom. The maximum atomic E-state index is 12.6. The molecule has 32 heavy (non-hydrogen) atoms. The van der Waals surface area contributed by atoms with Crippen LogP contribution < -0.4 is 10.2 Å². The first-order chi connectivity index (χ1) is 15.6. The molecule has 0 saturated heterocycles. The Bertz CT molecular complexity index is 1240. The van der Waals surface area contributed by atoms with E-state index < -0.39 is 0 Å². The number of aryl methyl sites for hydroxylation is 1. The summed E-state index contributed by atoms with van der Waals surface area (Å²) in [6.07, 6.45) is 0. The Kier molecular flexibility index (Phi) is 5.65. The molecule has 1 aliphatic heterocycles. The molecule has 0 saturated carbocycles. The molecule has 1 atom stereocenters. The fraction of sp³-hybridized carbons (Fsp3) is 0.292. The average molecular weight is 464 g/mol. The maximum Gasteiger partial charge on any atom is 0.235 e. The molecule has 0 radical (unpaired) electrons.